The average molecular weight is 221 g/mol. The molecule has 5 heteroatoms. The van der Waals surface area contributed by atoms with Crippen molar-refractivity contribution in [1.82, 2.24) is 14.3 Å². The van der Waals surface area contributed by atoms with Crippen LogP contribution in [0, 0.1) is 12.9 Å². The molecule has 0 atom stereocenters. The minimum atomic E-state index is -0.386. The minimum Gasteiger partial charge on any atom is -0.343 e. The number of carbonyl (C=O) groups excluding carboxylic acids is 1. The van der Waals surface area contributed by atoms with Gasteiger partial charge in [0.2, 0.25) is 5.95 Å². The smallest absolute Gasteiger partial charge is 0.273 e. The van der Waals surface area contributed by atoms with Gasteiger partial charge in [-0.2, -0.15) is 4.39 Å². The first-order valence-electron chi connectivity index (χ1n) is 4.86. The van der Waals surface area contributed by atoms with E-state index >= 15 is 0 Å². The van der Waals surface area contributed by atoms with Gasteiger partial charge in [0, 0.05) is 25.9 Å². The number of imidazole rings is 1. The summed E-state index contributed by atoms with van der Waals surface area (Å²) in [4.78, 5) is 17.1. The van der Waals surface area contributed by atoms with Crippen molar-refractivity contribution < 1.29 is 9.18 Å². The molecule has 0 fully saturated rings. The zero-order valence-electron chi connectivity index (χ0n) is 9.36. The van der Waals surface area contributed by atoms with Crippen molar-refractivity contribution in [3.05, 3.63) is 35.5 Å². The fourth-order valence-electron chi connectivity index (χ4n) is 1.46. The van der Waals surface area contributed by atoms with Crippen LogP contribution in [0.15, 0.2) is 18.3 Å². The van der Waals surface area contributed by atoms with Crippen LogP contribution in [0.4, 0.5) is 4.39 Å². The van der Waals surface area contributed by atoms with Crippen molar-refractivity contribution in [3.63, 3.8) is 0 Å². The van der Waals surface area contributed by atoms with Gasteiger partial charge in [-0.1, -0.05) is 6.07 Å². The number of pyridine rings is 1. The first-order chi connectivity index (χ1) is 7.50. The molecule has 0 unspecified atom stereocenters. The molecule has 2 aromatic heterocycles. The largest absolute Gasteiger partial charge is 0.343 e. The summed E-state index contributed by atoms with van der Waals surface area (Å²) in [7, 11) is 3.27. The van der Waals surface area contributed by atoms with Crippen LogP contribution in [0.25, 0.3) is 5.65 Å². The molecule has 0 aliphatic carbocycles. The van der Waals surface area contributed by atoms with E-state index in [-0.39, 0.29) is 17.5 Å². The highest BCUT2D eigenvalue weighted by atomic mass is 19.1. The van der Waals surface area contributed by atoms with E-state index < -0.39 is 0 Å². The maximum absolute atomic E-state index is 13.7. The normalized spacial score (nSPS) is 10.8. The highest BCUT2D eigenvalue weighted by Gasteiger charge is 2.14. The standard InChI is InChI=1S/C11H12FN3O/c1-7-4-5-9-13-8(11(16)14(2)3)6-15(9)10(7)12/h4-6H,1-3H3. The number of aromatic nitrogens is 2. The fraction of sp³-hybridized carbons (Fsp3) is 0.273. The molecule has 2 rings (SSSR count). The number of amides is 1. The van der Waals surface area contributed by atoms with Gasteiger partial charge in [0.15, 0.2) is 0 Å². The molecule has 0 aliphatic rings. The third-order valence-electron chi connectivity index (χ3n) is 2.38. The molecule has 16 heavy (non-hydrogen) atoms. The maximum Gasteiger partial charge on any atom is 0.273 e. The summed E-state index contributed by atoms with van der Waals surface area (Å²) < 4.78 is 15.0. The van der Waals surface area contributed by atoms with Crippen LogP contribution in [0.3, 0.4) is 0 Å². The van der Waals surface area contributed by atoms with E-state index in [1.165, 1.54) is 15.5 Å². The average Bonchev–Trinajstić information content (AvgIpc) is 2.67. The number of rotatable bonds is 1. The van der Waals surface area contributed by atoms with E-state index in [1.54, 1.807) is 33.2 Å². The first-order valence-corrected chi connectivity index (χ1v) is 4.86. The van der Waals surface area contributed by atoms with E-state index in [9.17, 15) is 9.18 Å². The van der Waals surface area contributed by atoms with Crippen molar-refractivity contribution in [1.29, 1.82) is 0 Å². The van der Waals surface area contributed by atoms with Gasteiger partial charge in [0.1, 0.15) is 11.3 Å². The Morgan fingerprint density at radius 2 is 2.12 bits per heavy atom. The Morgan fingerprint density at radius 1 is 1.44 bits per heavy atom. The number of carbonyl (C=O) groups is 1. The number of hydrogen-bond acceptors (Lipinski definition) is 2. The Kier molecular flexibility index (Phi) is 2.38. The molecule has 0 aliphatic heterocycles. The van der Waals surface area contributed by atoms with Gasteiger partial charge in [0.05, 0.1) is 0 Å². The fourth-order valence-corrected chi connectivity index (χ4v) is 1.46. The summed E-state index contributed by atoms with van der Waals surface area (Å²) in [5.41, 5.74) is 1.21. The van der Waals surface area contributed by atoms with E-state index in [0.29, 0.717) is 11.2 Å². The van der Waals surface area contributed by atoms with Crippen LogP contribution < -0.4 is 0 Å². The predicted molar refractivity (Wildman–Crippen MR) is 57.9 cm³/mol. The molecule has 4 nitrogen and oxygen atoms in total. The number of halogens is 1. The number of fused-ring (bicyclic) bond motifs is 1. The van der Waals surface area contributed by atoms with Crippen molar-refractivity contribution in [2.45, 2.75) is 6.92 Å². The zero-order chi connectivity index (χ0) is 11.9. The summed E-state index contributed by atoms with van der Waals surface area (Å²) in [6, 6.07) is 3.33. The van der Waals surface area contributed by atoms with Crippen LogP contribution in [-0.2, 0) is 0 Å². The molecule has 0 spiro atoms. The molecule has 2 aromatic rings. The Balaban J connectivity index is 2.61. The molecule has 84 valence electrons. The lowest BCUT2D eigenvalue weighted by atomic mass is 10.3. The van der Waals surface area contributed by atoms with Gasteiger partial charge >= 0.3 is 0 Å². The molecular weight excluding hydrogens is 209 g/mol. The minimum absolute atomic E-state index is 0.235. The lowest BCUT2D eigenvalue weighted by Crippen LogP contribution is -2.21. The number of hydrogen-bond donors (Lipinski definition) is 0. The quantitative estimate of drug-likeness (QED) is 0.684. The van der Waals surface area contributed by atoms with Gasteiger partial charge in [-0.15, -0.1) is 0 Å². The maximum atomic E-state index is 13.7. The lowest BCUT2D eigenvalue weighted by Gasteiger charge is -2.06. The summed E-state index contributed by atoms with van der Waals surface area (Å²) >= 11 is 0. The second kappa shape index (κ2) is 3.59. The Hall–Kier alpha value is -1.91. The highest BCUT2D eigenvalue weighted by Crippen LogP contribution is 2.12. The topological polar surface area (TPSA) is 37.6 Å². The monoisotopic (exact) mass is 221 g/mol. The molecule has 0 saturated heterocycles. The number of nitrogens with zero attached hydrogens (tertiary/aromatic N) is 3. The van der Waals surface area contributed by atoms with Crippen molar-refractivity contribution in [2.75, 3.05) is 14.1 Å². The Labute approximate surface area is 92.3 Å². The molecule has 0 aromatic carbocycles. The molecule has 0 radical (unpaired) electrons. The zero-order valence-corrected chi connectivity index (χ0v) is 9.36. The third-order valence-corrected chi connectivity index (χ3v) is 2.38. The van der Waals surface area contributed by atoms with Crippen LogP contribution in [0.5, 0.6) is 0 Å². The predicted octanol–water partition coefficient (Wildman–Crippen LogP) is 1.48. The van der Waals surface area contributed by atoms with E-state index in [4.69, 9.17) is 0 Å². The summed E-state index contributed by atoms with van der Waals surface area (Å²) in [5.74, 6) is -0.622. The van der Waals surface area contributed by atoms with Crippen LogP contribution >= 0.6 is 0 Å². The third kappa shape index (κ3) is 1.54. The van der Waals surface area contributed by atoms with Gasteiger partial charge in [-0.25, -0.2) is 4.98 Å². The van der Waals surface area contributed by atoms with Crippen molar-refractivity contribution >= 4 is 11.6 Å². The van der Waals surface area contributed by atoms with Crippen LogP contribution in [0.2, 0.25) is 0 Å². The van der Waals surface area contributed by atoms with Crippen molar-refractivity contribution in [2.24, 2.45) is 0 Å². The van der Waals surface area contributed by atoms with Gasteiger partial charge in [-0.05, 0) is 13.0 Å². The SMILES string of the molecule is Cc1ccc2nc(C(=O)N(C)C)cn2c1F. The molecule has 0 N–H and O–H groups in total. The highest BCUT2D eigenvalue weighted by molar-refractivity contribution is 5.92. The van der Waals surface area contributed by atoms with E-state index in [1.807, 2.05) is 0 Å². The van der Waals surface area contributed by atoms with Crippen molar-refractivity contribution in [3.8, 4) is 0 Å². The lowest BCUT2D eigenvalue weighted by molar-refractivity contribution is 0.0822. The summed E-state index contributed by atoms with van der Waals surface area (Å²) in [6.45, 7) is 1.67. The van der Waals surface area contributed by atoms with E-state index in [2.05, 4.69) is 4.98 Å². The van der Waals surface area contributed by atoms with Crippen LogP contribution in [-0.4, -0.2) is 34.3 Å². The molecule has 0 saturated carbocycles. The Bertz CT molecular complexity index is 560. The number of aryl methyl sites for hydroxylation is 1. The molecule has 0 bridgehead atoms. The Morgan fingerprint density at radius 3 is 2.75 bits per heavy atom. The summed E-state index contributed by atoms with van der Waals surface area (Å²) in [5, 5.41) is 0. The second-order valence-corrected chi connectivity index (χ2v) is 3.86. The van der Waals surface area contributed by atoms with Gasteiger partial charge in [0.25, 0.3) is 5.91 Å². The van der Waals surface area contributed by atoms with Gasteiger partial charge in [-0.3, -0.25) is 9.20 Å². The second-order valence-electron chi connectivity index (χ2n) is 3.86. The summed E-state index contributed by atoms with van der Waals surface area (Å²) in [6.07, 6.45) is 1.42. The van der Waals surface area contributed by atoms with Crippen LogP contribution in [0.1, 0.15) is 16.1 Å². The van der Waals surface area contributed by atoms with E-state index in [0.717, 1.165) is 0 Å². The molecule has 2 heterocycles. The van der Waals surface area contributed by atoms with Gasteiger partial charge < -0.3 is 4.90 Å². The molecular formula is C11H12FN3O. The molecule has 1 amide bonds. The first kappa shape index (κ1) is 10.6.